The number of hydrogen-bond donors (Lipinski definition) is 2. The molecule has 0 spiro atoms. The van der Waals surface area contributed by atoms with Crippen LogP contribution in [0.4, 0.5) is 8.78 Å². The first kappa shape index (κ1) is 28.3. The SMILES string of the molecule is COc1ccnc(C(=O)NC2CCCC(Cc3ccc(F)cc3F)C(OCC(C)C)C(C)OC2=O)c1O. The van der Waals surface area contributed by atoms with Gasteiger partial charge in [0.2, 0.25) is 0 Å². The van der Waals surface area contributed by atoms with Crippen molar-refractivity contribution in [3.05, 3.63) is 53.4 Å². The Hall–Kier alpha value is -3.27. The van der Waals surface area contributed by atoms with E-state index < -0.39 is 47.5 Å². The minimum Gasteiger partial charge on any atom is -0.503 e. The van der Waals surface area contributed by atoms with E-state index in [0.29, 0.717) is 25.0 Å². The van der Waals surface area contributed by atoms with E-state index in [1.54, 1.807) is 6.92 Å². The van der Waals surface area contributed by atoms with Crippen molar-refractivity contribution in [3.63, 3.8) is 0 Å². The summed E-state index contributed by atoms with van der Waals surface area (Å²) < 4.78 is 44.8. The minimum absolute atomic E-state index is 0.0758. The summed E-state index contributed by atoms with van der Waals surface area (Å²) in [6, 6.07) is 3.91. The summed E-state index contributed by atoms with van der Waals surface area (Å²) in [4.78, 5) is 29.8. The van der Waals surface area contributed by atoms with E-state index in [-0.39, 0.29) is 36.1 Å². The van der Waals surface area contributed by atoms with Crippen LogP contribution in [0.25, 0.3) is 0 Å². The molecule has 1 fully saturated rings. The molecule has 10 heteroatoms. The van der Waals surface area contributed by atoms with Crippen molar-refractivity contribution in [1.82, 2.24) is 10.3 Å². The molecule has 4 atom stereocenters. The van der Waals surface area contributed by atoms with Gasteiger partial charge < -0.3 is 24.6 Å². The molecule has 0 aliphatic carbocycles. The van der Waals surface area contributed by atoms with Crippen molar-refractivity contribution >= 4 is 11.9 Å². The largest absolute Gasteiger partial charge is 0.503 e. The number of benzene rings is 1. The number of rotatable bonds is 8. The lowest BCUT2D eigenvalue weighted by atomic mass is 9.86. The van der Waals surface area contributed by atoms with E-state index in [1.165, 1.54) is 31.5 Å². The Morgan fingerprint density at radius 2 is 2.03 bits per heavy atom. The first-order chi connectivity index (χ1) is 17.6. The van der Waals surface area contributed by atoms with Crippen LogP contribution in [0.1, 0.15) is 56.1 Å². The molecule has 2 aromatic rings. The van der Waals surface area contributed by atoms with Gasteiger partial charge in [0.1, 0.15) is 23.8 Å². The van der Waals surface area contributed by atoms with Crippen molar-refractivity contribution in [1.29, 1.82) is 0 Å². The Labute approximate surface area is 215 Å². The van der Waals surface area contributed by atoms with Crippen molar-refractivity contribution < 1.29 is 37.7 Å². The van der Waals surface area contributed by atoms with Crippen LogP contribution in [-0.2, 0) is 20.7 Å². The summed E-state index contributed by atoms with van der Waals surface area (Å²) in [5, 5.41) is 12.9. The number of esters is 1. The second kappa shape index (κ2) is 12.8. The third-order valence-electron chi connectivity index (χ3n) is 6.33. The molecular formula is C27H34F2N2O6. The van der Waals surface area contributed by atoms with Gasteiger partial charge in [0.25, 0.3) is 5.91 Å². The zero-order valence-electron chi connectivity index (χ0n) is 21.5. The average molecular weight is 521 g/mol. The number of carbonyl (C=O) groups is 2. The molecule has 1 aromatic carbocycles. The summed E-state index contributed by atoms with van der Waals surface area (Å²) in [6.07, 6.45) is 1.66. The molecule has 1 saturated heterocycles. The number of aromatic hydroxyl groups is 1. The molecule has 0 saturated carbocycles. The number of nitrogens with zero attached hydrogens (tertiary/aromatic N) is 1. The number of methoxy groups -OCH3 is 1. The molecule has 2 N–H and O–H groups in total. The van der Waals surface area contributed by atoms with Gasteiger partial charge in [0, 0.05) is 24.9 Å². The summed E-state index contributed by atoms with van der Waals surface area (Å²) in [7, 11) is 1.35. The van der Waals surface area contributed by atoms with Crippen LogP contribution >= 0.6 is 0 Å². The molecule has 1 amide bonds. The highest BCUT2D eigenvalue weighted by Crippen LogP contribution is 2.30. The number of pyridine rings is 1. The summed E-state index contributed by atoms with van der Waals surface area (Å²) in [5.74, 6) is -3.04. The van der Waals surface area contributed by atoms with Gasteiger partial charge in [-0.25, -0.2) is 18.6 Å². The third kappa shape index (κ3) is 7.38. The van der Waals surface area contributed by atoms with Gasteiger partial charge in [0.15, 0.2) is 17.2 Å². The second-order valence-electron chi connectivity index (χ2n) is 9.70. The van der Waals surface area contributed by atoms with Gasteiger partial charge in [-0.15, -0.1) is 0 Å². The summed E-state index contributed by atoms with van der Waals surface area (Å²) in [6.45, 7) is 6.11. The zero-order valence-corrected chi connectivity index (χ0v) is 21.5. The predicted molar refractivity (Wildman–Crippen MR) is 131 cm³/mol. The summed E-state index contributed by atoms with van der Waals surface area (Å²) in [5.41, 5.74) is 0.0784. The van der Waals surface area contributed by atoms with Crippen LogP contribution in [0.5, 0.6) is 11.5 Å². The highest BCUT2D eigenvalue weighted by Gasteiger charge is 2.36. The van der Waals surface area contributed by atoms with Gasteiger partial charge >= 0.3 is 5.97 Å². The van der Waals surface area contributed by atoms with Crippen molar-refractivity contribution in [2.24, 2.45) is 11.8 Å². The van der Waals surface area contributed by atoms with Crippen molar-refractivity contribution in [3.8, 4) is 11.5 Å². The van der Waals surface area contributed by atoms with Gasteiger partial charge in [-0.2, -0.15) is 0 Å². The number of nitrogens with one attached hydrogen (secondary N) is 1. The molecule has 2 heterocycles. The number of amides is 1. The Morgan fingerprint density at radius 3 is 2.70 bits per heavy atom. The van der Waals surface area contributed by atoms with E-state index in [1.807, 2.05) is 13.8 Å². The number of aromatic nitrogens is 1. The fraction of sp³-hybridized carbons (Fsp3) is 0.519. The molecule has 1 aliphatic heterocycles. The fourth-order valence-corrected chi connectivity index (χ4v) is 4.47. The lowest BCUT2D eigenvalue weighted by Crippen LogP contribution is -2.45. The molecule has 8 nitrogen and oxygen atoms in total. The first-order valence-corrected chi connectivity index (χ1v) is 12.4. The molecule has 1 aliphatic rings. The highest BCUT2D eigenvalue weighted by molar-refractivity contribution is 5.97. The molecule has 3 rings (SSSR count). The van der Waals surface area contributed by atoms with Crippen LogP contribution in [0.3, 0.4) is 0 Å². The Bertz CT molecular complexity index is 1100. The molecule has 0 bridgehead atoms. The lowest BCUT2D eigenvalue weighted by Gasteiger charge is -2.32. The normalized spacial score (nSPS) is 22.5. The lowest BCUT2D eigenvalue weighted by molar-refractivity contribution is -0.161. The van der Waals surface area contributed by atoms with Crippen LogP contribution in [0.2, 0.25) is 0 Å². The van der Waals surface area contributed by atoms with Crippen LogP contribution in [0, 0.1) is 23.5 Å². The van der Waals surface area contributed by atoms with Crippen molar-refractivity contribution in [2.75, 3.05) is 13.7 Å². The number of carbonyl (C=O) groups excluding carboxylic acids is 2. The average Bonchev–Trinajstić information content (AvgIpc) is 2.88. The van der Waals surface area contributed by atoms with E-state index in [2.05, 4.69) is 10.3 Å². The van der Waals surface area contributed by atoms with Crippen molar-refractivity contribution in [2.45, 2.75) is 64.7 Å². The number of hydrogen-bond acceptors (Lipinski definition) is 7. The Morgan fingerprint density at radius 1 is 1.27 bits per heavy atom. The molecule has 4 unspecified atom stereocenters. The molecule has 37 heavy (non-hydrogen) atoms. The molecule has 0 radical (unpaired) electrons. The maximum absolute atomic E-state index is 14.5. The maximum Gasteiger partial charge on any atom is 0.329 e. The Balaban J connectivity index is 1.81. The topological polar surface area (TPSA) is 107 Å². The van der Waals surface area contributed by atoms with E-state index in [9.17, 15) is 23.5 Å². The highest BCUT2D eigenvalue weighted by atomic mass is 19.1. The molecule has 202 valence electrons. The van der Waals surface area contributed by atoms with Crippen LogP contribution < -0.4 is 10.1 Å². The number of ether oxygens (including phenoxy) is 3. The van der Waals surface area contributed by atoms with Crippen LogP contribution in [-0.4, -0.2) is 53.9 Å². The zero-order chi connectivity index (χ0) is 27.1. The van der Waals surface area contributed by atoms with Gasteiger partial charge in [0.05, 0.1) is 13.2 Å². The van der Waals surface area contributed by atoms with E-state index in [0.717, 1.165) is 6.07 Å². The smallest absolute Gasteiger partial charge is 0.329 e. The number of halogens is 2. The standard InChI is InChI=1S/C27H34F2N2O6/c1-15(2)14-36-25-16(3)37-27(34)21(31-26(33)23-24(32)22(35-4)10-11-30-23)7-5-6-18(25)12-17-8-9-19(28)13-20(17)29/h8-11,13,15-16,18,21,25,32H,5-7,12,14H2,1-4H3,(H,31,33). The predicted octanol–water partition coefficient (Wildman–Crippen LogP) is 4.19. The monoisotopic (exact) mass is 520 g/mol. The second-order valence-corrected chi connectivity index (χ2v) is 9.70. The summed E-state index contributed by atoms with van der Waals surface area (Å²) >= 11 is 0. The van der Waals surface area contributed by atoms with Gasteiger partial charge in [-0.1, -0.05) is 26.3 Å². The minimum atomic E-state index is -0.991. The van der Waals surface area contributed by atoms with E-state index in [4.69, 9.17) is 14.2 Å². The van der Waals surface area contributed by atoms with Crippen LogP contribution in [0.15, 0.2) is 30.5 Å². The maximum atomic E-state index is 14.5. The van der Waals surface area contributed by atoms with Gasteiger partial charge in [-0.3, -0.25) is 4.79 Å². The number of cyclic esters (lactones) is 1. The molecule has 1 aromatic heterocycles. The van der Waals surface area contributed by atoms with E-state index >= 15 is 0 Å². The van der Waals surface area contributed by atoms with Gasteiger partial charge in [-0.05, 0) is 49.7 Å². The molecular weight excluding hydrogens is 486 g/mol. The fourth-order valence-electron chi connectivity index (χ4n) is 4.47. The third-order valence-corrected chi connectivity index (χ3v) is 6.33. The quantitative estimate of drug-likeness (QED) is 0.503. The first-order valence-electron chi connectivity index (χ1n) is 12.4. The Kier molecular flexibility index (Phi) is 9.79.